The minimum absolute atomic E-state index is 0.0772. The zero-order valence-corrected chi connectivity index (χ0v) is 11.3. The van der Waals surface area contributed by atoms with Gasteiger partial charge in [0.15, 0.2) is 0 Å². The molecule has 1 N–H and O–H groups in total. The molecule has 18 heavy (non-hydrogen) atoms. The lowest BCUT2D eigenvalue weighted by atomic mass is 9.81. The lowest BCUT2D eigenvalue weighted by Crippen LogP contribution is -2.54. The summed E-state index contributed by atoms with van der Waals surface area (Å²) in [5.74, 6) is 0.0347. The van der Waals surface area contributed by atoms with E-state index >= 15 is 0 Å². The van der Waals surface area contributed by atoms with Gasteiger partial charge in [-0.1, -0.05) is 26.2 Å². The SMILES string of the molecule is CCC1CCCCC1N1CCOCC1CC(=O)O. The third-order valence-corrected chi connectivity index (χ3v) is 4.50. The Morgan fingerprint density at radius 3 is 2.89 bits per heavy atom. The van der Waals surface area contributed by atoms with E-state index in [2.05, 4.69) is 11.8 Å². The number of carboxylic acid groups (broad SMARTS) is 1. The van der Waals surface area contributed by atoms with Crippen molar-refractivity contribution in [2.75, 3.05) is 19.8 Å². The molecule has 1 heterocycles. The first-order valence-electron chi connectivity index (χ1n) is 7.27. The van der Waals surface area contributed by atoms with Crippen LogP contribution in [0.5, 0.6) is 0 Å². The van der Waals surface area contributed by atoms with E-state index in [-0.39, 0.29) is 12.5 Å². The molecule has 104 valence electrons. The Labute approximate surface area is 109 Å². The fraction of sp³-hybridized carbons (Fsp3) is 0.929. The molecule has 0 radical (unpaired) electrons. The molecule has 1 saturated heterocycles. The quantitative estimate of drug-likeness (QED) is 0.836. The Hall–Kier alpha value is -0.610. The Kier molecular flexibility index (Phi) is 5.01. The molecule has 0 amide bonds. The van der Waals surface area contributed by atoms with Gasteiger partial charge in [0.2, 0.25) is 0 Å². The molecule has 1 aliphatic heterocycles. The van der Waals surface area contributed by atoms with E-state index < -0.39 is 5.97 Å². The van der Waals surface area contributed by atoms with Crippen LogP contribution < -0.4 is 0 Å². The van der Waals surface area contributed by atoms with Gasteiger partial charge in [-0.3, -0.25) is 9.69 Å². The average molecular weight is 255 g/mol. The lowest BCUT2D eigenvalue weighted by molar-refractivity contribution is -0.141. The number of nitrogens with zero attached hydrogens (tertiary/aromatic N) is 1. The van der Waals surface area contributed by atoms with Gasteiger partial charge >= 0.3 is 5.97 Å². The van der Waals surface area contributed by atoms with Gasteiger partial charge in [0, 0.05) is 18.6 Å². The van der Waals surface area contributed by atoms with Crippen LogP contribution in [0.1, 0.15) is 45.4 Å². The predicted octanol–water partition coefficient (Wildman–Crippen LogP) is 2.13. The molecule has 2 fully saturated rings. The van der Waals surface area contributed by atoms with E-state index in [1.165, 1.54) is 32.1 Å². The minimum atomic E-state index is -0.709. The van der Waals surface area contributed by atoms with Crippen LogP contribution in [0.4, 0.5) is 0 Å². The largest absolute Gasteiger partial charge is 0.481 e. The maximum atomic E-state index is 11.0. The summed E-state index contributed by atoms with van der Waals surface area (Å²) >= 11 is 0. The van der Waals surface area contributed by atoms with Crippen LogP contribution in [0, 0.1) is 5.92 Å². The number of ether oxygens (including phenoxy) is 1. The molecule has 0 aromatic carbocycles. The van der Waals surface area contributed by atoms with Crippen molar-refractivity contribution >= 4 is 5.97 Å². The van der Waals surface area contributed by atoms with Crippen molar-refractivity contribution in [1.29, 1.82) is 0 Å². The number of rotatable bonds is 4. The highest BCUT2D eigenvalue weighted by atomic mass is 16.5. The lowest BCUT2D eigenvalue weighted by Gasteiger charge is -2.45. The normalized spacial score (nSPS) is 34.4. The average Bonchev–Trinajstić information content (AvgIpc) is 2.39. The second-order valence-electron chi connectivity index (χ2n) is 5.58. The van der Waals surface area contributed by atoms with Gasteiger partial charge in [0.05, 0.1) is 19.6 Å². The second-order valence-corrected chi connectivity index (χ2v) is 5.58. The van der Waals surface area contributed by atoms with Gasteiger partial charge in [-0.25, -0.2) is 0 Å². The van der Waals surface area contributed by atoms with Crippen LogP contribution in [-0.4, -0.2) is 47.8 Å². The van der Waals surface area contributed by atoms with Crippen molar-refractivity contribution in [3.05, 3.63) is 0 Å². The number of hydrogen-bond donors (Lipinski definition) is 1. The molecule has 4 nitrogen and oxygen atoms in total. The molecule has 2 aliphatic rings. The van der Waals surface area contributed by atoms with Crippen molar-refractivity contribution in [3.63, 3.8) is 0 Å². The highest BCUT2D eigenvalue weighted by Crippen LogP contribution is 2.33. The molecule has 2 rings (SSSR count). The molecule has 0 bridgehead atoms. The topological polar surface area (TPSA) is 49.8 Å². The highest BCUT2D eigenvalue weighted by Gasteiger charge is 2.35. The monoisotopic (exact) mass is 255 g/mol. The van der Waals surface area contributed by atoms with Gasteiger partial charge in [0.1, 0.15) is 0 Å². The van der Waals surface area contributed by atoms with Gasteiger partial charge in [-0.05, 0) is 18.8 Å². The van der Waals surface area contributed by atoms with Gasteiger partial charge in [-0.2, -0.15) is 0 Å². The van der Waals surface area contributed by atoms with Gasteiger partial charge in [-0.15, -0.1) is 0 Å². The summed E-state index contributed by atoms with van der Waals surface area (Å²) in [7, 11) is 0. The van der Waals surface area contributed by atoms with Crippen LogP contribution in [0.2, 0.25) is 0 Å². The van der Waals surface area contributed by atoms with E-state index in [0.717, 1.165) is 19.1 Å². The van der Waals surface area contributed by atoms with Crippen molar-refractivity contribution < 1.29 is 14.6 Å². The third-order valence-electron chi connectivity index (χ3n) is 4.50. The number of hydrogen-bond acceptors (Lipinski definition) is 3. The number of carboxylic acids is 1. The van der Waals surface area contributed by atoms with Crippen molar-refractivity contribution in [2.45, 2.75) is 57.5 Å². The van der Waals surface area contributed by atoms with Crippen LogP contribution in [-0.2, 0) is 9.53 Å². The molecule has 4 heteroatoms. The smallest absolute Gasteiger partial charge is 0.305 e. The number of carbonyl (C=O) groups is 1. The number of aliphatic carboxylic acids is 1. The summed E-state index contributed by atoms with van der Waals surface area (Å²) in [6.45, 7) is 4.50. The Balaban J connectivity index is 2.04. The predicted molar refractivity (Wildman–Crippen MR) is 69.6 cm³/mol. The van der Waals surface area contributed by atoms with Crippen molar-refractivity contribution in [2.24, 2.45) is 5.92 Å². The second kappa shape index (κ2) is 6.53. The Morgan fingerprint density at radius 1 is 1.39 bits per heavy atom. The molecular weight excluding hydrogens is 230 g/mol. The van der Waals surface area contributed by atoms with Crippen LogP contribution >= 0.6 is 0 Å². The minimum Gasteiger partial charge on any atom is -0.481 e. The van der Waals surface area contributed by atoms with E-state index in [0.29, 0.717) is 12.6 Å². The van der Waals surface area contributed by atoms with E-state index in [4.69, 9.17) is 9.84 Å². The summed E-state index contributed by atoms with van der Waals surface area (Å²) in [5, 5.41) is 9.02. The maximum Gasteiger partial charge on any atom is 0.305 e. The fourth-order valence-electron chi connectivity index (χ4n) is 3.58. The summed E-state index contributed by atoms with van der Waals surface area (Å²) in [6, 6.07) is 0.658. The van der Waals surface area contributed by atoms with Crippen LogP contribution in [0.15, 0.2) is 0 Å². The van der Waals surface area contributed by atoms with E-state index in [9.17, 15) is 4.79 Å². The molecule has 0 aromatic heterocycles. The first kappa shape index (κ1) is 13.8. The molecule has 0 aromatic rings. The molecule has 3 atom stereocenters. The van der Waals surface area contributed by atoms with Crippen molar-refractivity contribution in [3.8, 4) is 0 Å². The zero-order valence-electron chi connectivity index (χ0n) is 11.3. The first-order valence-corrected chi connectivity index (χ1v) is 7.27. The third kappa shape index (κ3) is 3.23. The molecule has 1 saturated carbocycles. The molecule has 0 spiro atoms. The molecule has 1 aliphatic carbocycles. The van der Waals surface area contributed by atoms with Crippen molar-refractivity contribution in [1.82, 2.24) is 4.90 Å². The van der Waals surface area contributed by atoms with E-state index in [1.807, 2.05) is 0 Å². The van der Waals surface area contributed by atoms with Gasteiger partial charge in [0.25, 0.3) is 0 Å². The summed E-state index contributed by atoms with van der Waals surface area (Å²) in [5.41, 5.74) is 0. The fourth-order valence-corrected chi connectivity index (χ4v) is 3.58. The maximum absolute atomic E-state index is 11.0. The summed E-state index contributed by atoms with van der Waals surface area (Å²) in [4.78, 5) is 13.4. The zero-order chi connectivity index (χ0) is 13.0. The van der Waals surface area contributed by atoms with Crippen LogP contribution in [0.3, 0.4) is 0 Å². The first-order chi connectivity index (χ1) is 8.72. The van der Waals surface area contributed by atoms with E-state index in [1.54, 1.807) is 0 Å². The molecule has 3 unspecified atom stereocenters. The summed E-state index contributed by atoms with van der Waals surface area (Å²) in [6.07, 6.45) is 6.59. The Morgan fingerprint density at radius 2 is 2.17 bits per heavy atom. The highest BCUT2D eigenvalue weighted by molar-refractivity contribution is 5.67. The summed E-state index contributed by atoms with van der Waals surface area (Å²) < 4.78 is 5.47. The standard InChI is InChI=1S/C14H25NO3/c1-2-11-5-3-4-6-13(11)15-7-8-18-10-12(15)9-14(16)17/h11-13H,2-10H2,1H3,(H,16,17). The molecular formula is C14H25NO3. The van der Waals surface area contributed by atoms with Crippen LogP contribution in [0.25, 0.3) is 0 Å². The van der Waals surface area contributed by atoms with Gasteiger partial charge < -0.3 is 9.84 Å². The Bertz CT molecular complexity index is 282. The number of morpholine rings is 1.